The number of rotatable bonds is 5. The van der Waals surface area contributed by atoms with Gasteiger partial charge in [0.2, 0.25) is 0 Å². The maximum atomic E-state index is 5.79. The van der Waals surface area contributed by atoms with Crippen LogP contribution < -0.4 is 5.73 Å². The SMILES string of the molecule is CCC/C(=C(\C=C(\C)N)C(C)C)C(C)C. The van der Waals surface area contributed by atoms with Crippen molar-refractivity contribution in [1.82, 2.24) is 0 Å². The van der Waals surface area contributed by atoms with Gasteiger partial charge in [-0.05, 0) is 36.8 Å². The summed E-state index contributed by atoms with van der Waals surface area (Å²) in [5.41, 5.74) is 9.71. The molecule has 0 saturated carbocycles. The maximum absolute atomic E-state index is 5.79. The second-order valence-electron chi connectivity index (χ2n) is 4.93. The predicted octanol–water partition coefficient (Wildman–Crippen LogP) is 4.26. The first-order valence-electron chi connectivity index (χ1n) is 6.06. The molecule has 0 aliphatic heterocycles. The highest BCUT2D eigenvalue weighted by Gasteiger charge is 2.11. The number of allylic oxidation sites excluding steroid dienone is 4. The van der Waals surface area contributed by atoms with Crippen LogP contribution in [0.5, 0.6) is 0 Å². The Labute approximate surface area is 95.4 Å². The third-order valence-electron chi connectivity index (χ3n) is 2.59. The van der Waals surface area contributed by atoms with Crippen LogP contribution in [-0.2, 0) is 0 Å². The van der Waals surface area contributed by atoms with Crippen LogP contribution in [0.4, 0.5) is 0 Å². The van der Waals surface area contributed by atoms with Crippen molar-refractivity contribution < 1.29 is 0 Å². The van der Waals surface area contributed by atoms with Gasteiger partial charge in [-0.3, -0.25) is 0 Å². The van der Waals surface area contributed by atoms with Gasteiger partial charge in [-0.1, -0.05) is 46.6 Å². The Balaban J connectivity index is 5.25. The van der Waals surface area contributed by atoms with Crippen LogP contribution in [-0.4, -0.2) is 0 Å². The summed E-state index contributed by atoms with van der Waals surface area (Å²) < 4.78 is 0. The van der Waals surface area contributed by atoms with Crippen molar-refractivity contribution in [1.29, 1.82) is 0 Å². The van der Waals surface area contributed by atoms with Crippen LogP contribution in [0.3, 0.4) is 0 Å². The van der Waals surface area contributed by atoms with Crippen molar-refractivity contribution >= 4 is 0 Å². The molecule has 0 saturated heterocycles. The van der Waals surface area contributed by atoms with E-state index in [0.717, 1.165) is 5.70 Å². The van der Waals surface area contributed by atoms with E-state index in [9.17, 15) is 0 Å². The molecule has 15 heavy (non-hydrogen) atoms. The molecule has 1 heteroatoms. The van der Waals surface area contributed by atoms with E-state index < -0.39 is 0 Å². The zero-order valence-corrected chi connectivity index (χ0v) is 11.2. The van der Waals surface area contributed by atoms with Gasteiger partial charge in [0.05, 0.1) is 0 Å². The summed E-state index contributed by atoms with van der Waals surface area (Å²) in [6, 6.07) is 0. The van der Waals surface area contributed by atoms with Crippen molar-refractivity contribution in [2.75, 3.05) is 0 Å². The minimum absolute atomic E-state index is 0.562. The molecular weight excluding hydrogens is 182 g/mol. The van der Waals surface area contributed by atoms with Gasteiger partial charge in [0, 0.05) is 5.70 Å². The minimum atomic E-state index is 0.562. The minimum Gasteiger partial charge on any atom is -0.402 e. The first-order chi connectivity index (χ1) is 6.90. The Morgan fingerprint density at radius 2 is 1.67 bits per heavy atom. The van der Waals surface area contributed by atoms with Gasteiger partial charge in [-0.15, -0.1) is 0 Å². The summed E-state index contributed by atoms with van der Waals surface area (Å²) in [4.78, 5) is 0. The van der Waals surface area contributed by atoms with Crippen LogP contribution in [0.15, 0.2) is 22.9 Å². The summed E-state index contributed by atoms with van der Waals surface area (Å²) in [7, 11) is 0. The van der Waals surface area contributed by atoms with E-state index >= 15 is 0 Å². The zero-order chi connectivity index (χ0) is 12.0. The highest BCUT2D eigenvalue weighted by Crippen LogP contribution is 2.26. The van der Waals surface area contributed by atoms with E-state index in [2.05, 4.69) is 40.7 Å². The van der Waals surface area contributed by atoms with Gasteiger partial charge in [-0.2, -0.15) is 0 Å². The smallest absolute Gasteiger partial charge is 0.00517 e. The lowest BCUT2D eigenvalue weighted by molar-refractivity contribution is 0.658. The van der Waals surface area contributed by atoms with Crippen LogP contribution in [0.25, 0.3) is 0 Å². The maximum Gasteiger partial charge on any atom is 0.00517 e. The second kappa shape index (κ2) is 6.71. The number of hydrogen-bond donors (Lipinski definition) is 1. The molecule has 0 fully saturated rings. The normalized spacial score (nSPS) is 14.8. The zero-order valence-electron chi connectivity index (χ0n) is 11.2. The largest absolute Gasteiger partial charge is 0.402 e. The molecule has 1 nitrogen and oxygen atoms in total. The molecule has 2 N–H and O–H groups in total. The van der Waals surface area contributed by atoms with E-state index in [0.29, 0.717) is 11.8 Å². The Kier molecular flexibility index (Phi) is 6.38. The van der Waals surface area contributed by atoms with E-state index in [1.54, 1.807) is 5.57 Å². The van der Waals surface area contributed by atoms with Crippen molar-refractivity contribution in [3.8, 4) is 0 Å². The average molecular weight is 209 g/mol. The molecule has 0 radical (unpaired) electrons. The molecule has 0 bridgehead atoms. The predicted molar refractivity (Wildman–Crippen MR) is 69.6 cm³/mol. The lowest BCUT2D eigenvalue weighted by Gasteiger charge is -2.19. The molecule has 0 heterocycles. The van der Waals surface area contributed by atoms with Crippen LogP contribution in [0, 0.1) is 11.8 Å². The summed E-state index contributed by atoms with van der Waals surface area (Å²) in [5, 5.41) is 0. The first-order valence-corrected chi connectivity index (χ1v) is 6.06. The molecule has 0 aliphatic carbocycles. The quantitative estimate of drug-likeness (QED) is 0.673. The summed E-state index contributed by atoms with van der Waals surface area (Å²) in [6.45, 7) is 13.2. The molecule has 0 aliphatic rings. The fourth-order valence-corrected chi connectivity index (χ4v) is 1.91. The topological polar surface area (TPSA) is 26.0 Å². The highest BCUT2D eigenvalue weighted by atomic mass is 14.5. The van der Waals surface area contributed by atoms with Gasteiger partial charge in [0.25, 0.3) is 0 Å². The van der Waals surface area contributed by atoms with E-state index in [4.69, 9.17) is 5.73 Å². The van der Waals surface area contributed by atoms with Crippen LogP contribution in [0.2, 0.25) is 0 Å². The van der Waals surface area contributed by atoms with E-state index in [-0.39, 0.29) is 0 Å². The molecule has 0 rings (SSSR count). The standard InChI is InChI=1S/C14H27N/c1-7-8-13(10(2)3)14(11(4)5)9-12(6)15/h9-11H,7-8,15H2,1-6H3/b12-9-,14-13-. The molecule has 0 amide bonds. The van der Waals surface area contributed by atoms with Crippen molar-refractivity contribution in [3.63, 3.8) is 0 Å². The third kappa shape index (κ3) is 5.06. The number of nitrogens with two attached hydrogens (primary N) is 1. The summed E-state index contributed by atoms with van der Waals surface area (Å²) in [6.07, 6.45) is 4.55. The van der Waals surface area contributed by atoms with Crippen molar-refractivity contribution in [2.45, 2.75) is 54.4 Å². The van der Waals surface area contributed by atoms with E-state index in [1.165, 1.54) is 18.4 Å². The van der Waals surface area contributed by atoms with Gasteiger partial charge in [0.15, 0.2) is 0 Å². The van der Waals surface area contributed by atoms with Crippen molar-refractivity contribution in [2.24, 2.45) is 17.6 Å². The monoisotopic (exact) mass is 209 g/mol. The molecule has 0 spiro atoms. The lowest BCUT2D eigenvalue weighted by atomic mass is 9.87. The van der Waals surface area contributed by atoms with Gasteiger partial charge in [0.1, 0.15) is 0 Å². The molecule has 0 atom stereocenters. The second-order valence-corrected chi connectivity index (χ2v) is 4.93. The van der Waals surface area contributed by atoms with E-state index in [1.807, 2.05) is 6.92 Å². The first kappa shape index (κ1) is 14.3. The molecule has 88 valence electrons. The van der Waals surface area contributed by atoms with Crippen LogP contribution >= 0.6 is 0 Å². The Hall–Kier alpha value is -0.720. The highest BCUT2D eigenvalue weighted by molar-refractivity contribution is 5.30. The fourth-order valence-electron chi connectivity index (χ4n) is 1.91. The van der Waals surface area contributed by atoms with Gasteiger partial charge >= 0.3 is 0 Å². The Morgan fingerprint density at radius 1 is 1.13 bits per heavy atom. The average Bonchev–Trinajstić information content (AvgIpc) is 2.09. The third-order valence-corrected chi connectivity index (χ3v) is 2.59. The molecule has 0 aromatic carbocycles. The van der Waals surface area contributed by atoms with Crippen LogP contribution in [0.1, 0.15) is 54.4 Å². The Bertz CT molecular complexity index is 240. The summed E-state index contributed by atoms with van der Waals surface area (Å²) in [5.74, 6) is 1.19. The lowest BCUT2D eigenvalue weighted by Crippen LogP contribution is -2.05. The summed E-state index contributed by atoms with van der Waals surface area (Å²) >= 11 is 0. The molecule has 0 unspecified atom stereocenters. The molecule has 0 aromatic heterocycles. The molecular formula is C14H27N. The Morgan fingerprint density at radius 3 is 1.93 bits per heavy atom. The van der Waals surface area contributed by atoms with Crippen molar-refractivity contribution in [3.05, 3.63) is 22.9 Å². The van der Waals surface area contributed by atoms with Gasteiger partial charge in [-0.25, -0.2) is 0 Å². The molecule has 0 aromatic rings. The fraction of sp³-hybridized carbons (Fsp3) is 0.714. The van der Waals surface area contributed by atoms with Gasteiger partial charge < -0.3 is 5.73 Å². The number of hydrogen-bond acceptors (Lipinski definition) is 1.